The Hall–Kier alpha value is -0.990. The molecule has 0 heterocycles. The van der Waals surface area contributed by atoms with E-state index in [1.807, 2.05) is 13.8 Å². The molecule has 1 saturated carbocycles. The summed E-state index contributed by atoms with van der Waals surface area (Å²) < 4.78 is 28.6. The zero-order valence-electron chi connectivity index (χ0n) is 10.4. The Morgan fingerprint density at radius 1 is 1.41 bits per heavy atom. The van der Waals surface area contributed by atoms with Crippen LogP contribution in [0.2, 0.25) is 0 Å². The third kappa shape index (κ3) is 1.85. The minimum atomic E-state index is -1.20. The van der Waals surface area contributed by atoms with Crippen LogP contribution in [0.15, 0.2) is 23.8 Å². The van der Waals surface area contributed by atoms with Gasteiger partial charge in [0.25, 0.3) is 0 Å². The van der Waals surface area contributed by atoms with E-state index in [1.165, 1.54) is 18.2 Å². The molecule has 2 aliphatic rings. The summed E-state index contributed by atoms with van der Waals surface area (Å²) in [5, 5.41) is 0. The highest BCUT2D eigenvalue weighted by molar-refractivity contribution is 6.01. The number of carbonyl (C=O) groups excluding carboxylic acids is 1. The second-order valence-electron chi connectivity index (χ2n) is 5.63. The van der Waals surface area contributed by atoms with Crippen molar-refractivity contribution in [3.05, 3.63) is 23.8 Å². The summed E-state index contributed by atoms with van der Waals surface area (Å²) in [4.78, 5) is 11.3. The molecule has 0 radical (unpaired) electrons. The van der Waals surface area contributed by atoms with Crippen molar-refractivity contribution in [2.24, 2.45) is 17.3 Å². The SMILES string of the molecule is CC(C)[C@@H]1C[C@H](F)C2=CC(=O)C=C[C@]2(C)[C@@H]1F. The summed E-state index contributed by atoms with van der Waals surface area (Å²) in [7, 11) is 0. The van der Waals surface area contributed by atoms with Gasteiger partial charge in [0.2, 0.25) is 0 Å². The van der Waals surface area contributed by atoms with E-state index < -0.39 is 17.8 Å². The van der Waals surface area contributed by atoms with Crippen LogP contribution in [-0.4, -0.2) is 18.1 Å². The van der Waals surface area contributed by atoms with Crippen molar-refractivity contribution in [2.45, 2.75) is 39.5 Å². The van der Waals surface area contributed by atoms with Crippen molar-refractivity contribution in [2.75, 3.05) is 0 Å². The Bertz CT molecular complexity index is 397. The number of carbonyl (C=O) groups is 1. The summed E-state index contributed by atoms with van der Waals surface area (Å²) >= 11 is 0. The maximum absolute atomic E-state index is 14.5. The van der Waals surface area contributed by atoms with E-state index in [9.17, 15) is 13.6 Å². The lowest BCUT2D eigenvalue weighted by Crippen LogP contribution is -2.47. The van der Waals surface area contributed by atoms with Gasteiger partial charge in [0.05, 0.1) is 0 Å². The van der Waals surface area contributed by atoms with Crippen molar-refractivity contribution in [1.82, 2.24) is 0 Å². The molecule has 0 spiro atoms. The molecule has 0 aliphatic heterocycles. The Morgan fingerprint density at radius 2 is 2.06 bits per heavy atom. The monoisotopic (exact) mass is 240 g/mol. The van der Waals surface area contributed by atoms with Crippen molar-refractivity contribution in [3.8, 4) is 0 Å². The third-order valence-electron chi connectivity index (χ3n) is 4.14. The van der Waals surface area contributed by atoms with E-state index in [-0.39, 0.29) is 24.0 Å². The first-order chi connectivity index (χ1) is 7.86. The van der Waals surface area contributed by atoms with Crippen LogP contribution in [-0.2, 0) is 4.79 Å². The second-order valence-corrected chi connectivity index (χ2v) is 5.63. The first-order valence-corrected chi connectivity index (χ1v) is 6.09. The molecule has 0 aromatic carbocycles. The van der Waals surface area contributed by atoms with Gasteiger partial charge >= 0.3 is 0 Å². The highest BCUT2D eigenvalue weighted by Crippen LogP contribution is 2.50. The maximum atomic E-state index is 14.5. The van der Waals surface area contributed by atoms with Crippen LogP contribution in [0.25, 0.3) is 0 Å². The predicted molar refractivity (Wildman–Crippen MR) is 63.1 cm³/mol. The van der Waals surface area contributed by atoms with Gasteiger partial charge in [0, 0.05) is 5.41 Å². The van der Waals surface area contributed by atoms with Crippen LogP contribution in [0.4, 0.5) is 8.78 Å². The molecule has 0 bridgehead atoms. The van der Waals surface area contributed by atoms with Crippen molar-refractivity contribution >= 4 is 5.78 Å². The largest absolute Gasteiger partial charge is 0.290 e. The number of hydrogen-bond acceptors (Lipinski definition) is 1. The minimum Gasteiger partial charge on any atom is -0.290 e. The molecular weight excluding hydrogens is 222 g/mol. The fraction of sp³-hybridized carbons (Fsp3) is 0.643. The fourth-order valence-electron chi connectivity index (χ4n) is 2.93. The molecule has 0 amide bonds. The van der Waals surface area contributed by atoms with E-state index in [2.05, 4.69) is 0 Å². The summed E-state index contributed by atoms with van der Waals surface area (Å²) in [5.41, 5.74) is -0.630. The quantitative estimate of drug-likeness (QED) is 0.686. The minimum absolute atomic E-state index is 0.104. The summed E-state index contributed by atoms with van der Waals surface area (Å²) in [6.07, 6.45) is 2.02. The van der Waals surface area contributed by atoms with Gasteiger partial charge < -0.3 is 0 Å². The molecule has 2 aliphatic carbocycles. The Kier molecular flexibility index (Phi) is 2.96. The lowest BCUT2D eigenvalue weighted by Gasteiger charge is -2.45. The van der Waals surface area contributed by atoms with Crippen LogP contribution >= 0.6 is 0 Å². The Labute approximate surface area is 101 Å². The number of ketones is 1. The lowest BCUT2D eigenvalue weighted by molar-refractivity contribution is -0.111. The van der Waals surface area contributed by atoms with E-state index in [4.69, 9.17) is 0 Å². The van der Waals surface area contributed by atoms with E-state index in [0.717, 1.165) is 0 Å². The number of rotatable bonds is 1. The molecule has 0 aromatic heterocycles. The molecule has 0 aromatic rings. The van der Waals surface area contributed by atoms with Crippen LogP contribution in [0.3, 0.4) is 0 Å². The van der Waals surface area contributed by atoms with Gasteiger partial charge in [-0.25, -0.2) is 8.78 Å². The molecular formula is C14H18F2O. The number of hydrogen-bond donors (Lipinski definition) is 0. The molecule has 1 fully saturated rings. The van der Waals surface area contributed by atoms with Gasteiger partial charge in [0.1, 0.15) is 12.3 Å². The zero-order chi connectivity index (χ0) is 12.8. The maximum Gasteiger partial charge on any atom is 0.178 e. The molecule has 1 nitrogen and oxygen atoms in total. The molecule has 0 unspecified atom stereocenters. The smallest absolute Gasteiger partial charge is 0.178 e. The summed E-state index contributed by atoms with van der Waals surface area (Å²) in [5.74, 6) is -0.423. The lowest BCUT2D eigenvalue weighted by atomic mass is 9.61. The molecule has 0 saturated heterocycles. The number of alkyl halides is 2. The average molecular weight is 240 g/mol. The molecule has 4 atom stereocenters. The normalized spacial score (nSPS) is 41.4. The van der Waals surface area contributed by atoms with Gasteiger partial charge in [-0.05, 0) is 42.9 Å². The van der Waals surface area contributed by atoms with Crippen LogP contribution in [0.5, 0.6) is 0 Å². The van der Waals surface area contributed by atoms with Gasteiger partial charge in [-0.1, -0.05) is 19.9 Å². The Morgan fingerprint density at radius 3 is 2.65 bits per heavy atom. The Balaban J connectivity index is 2.41. The average Bonchev–Trinajstić information content (AvgIpc) is 2.26. The highest BCUT2D eigenvalue weighted by Gasteiger charge is 2.50. The number of halogens is 2. The van der Waals surface area contributed by atoms with Crippen molar-refractivity contribution in [1.29, 1.82) is 0 Å². The number of fused-ring (bicyclic) bond motifs is 1. The fourth-order valence-corrected chi connectivity index (χ4v) is 2.93. The van der Waals surface area contributed by atoms with Crippen molar-refractivity contribution < 1.29 is 13.6 Å². The van der Waals surface area contributed by atoms with E-state index >= 15 is 0 Å². The second kappa shape index (κ2) is 4.04. The van der Waals surface area contributed by atoms with Gasteiger partial charge in [-0.3, -0.25) is 4.79 Å². The van der Waals surface area contributed by atoms with Crippen LogP contribution < -0.4 is 0 Å². The predicted octanol–water partition coefficient (Wildman–Crippen LogP) is 3.41. The summed E-state index contributed by atoms with van der Waals surface area (Å²) in [6.45, 7) is 5.52. The van der Waals surface area contributed by atoms with Crippen molar-refractivity contribution in [3.63, 3.8) is 0 Å². The molecule has 3 heteroatoms. The zero-order valence-corrected chi connectivity index (χ0v) is 10.4. The van der Waals surface area contributed by atoms with Gasteiger partial charge in [-0.15, -0.1) is 0 Å². The standard InChI is InChI=1S/C14H18F2O/c1-8(2)10-7-12(15)11-6-9(17)4-5-14(11,3)13(10)16/h4-6,8,10,12-13H,7H2,1-3H3/t10-,12-,13+,14-/m0/s1. The third-order valence-corrected chi connectivity index (χ3v) is 4.14. The van der Waals surface area contributed by atoms with Gasteiger partial charge in [0.15, 0.2) is 5.78 Å². The van der Waals surface area contributed by atoms with Crippen LogP contribution in [0, 0.1) is 17.3 Å². The molecule has 0 N–H and O–H groups in total. The van der Waals surface area contributed by atoms with E-state index in [0.29, 0.717) is 5.57 Å². The highest BCUT2D eigenvalue weighted by atomic mass is 19.1. The first-order valence-electron chi connectivity index (χ1n) is 6.09. The van der Waals surface area contributed by atoms with Gasteiger partial charge in [-0.2, -0.15) is 0 Å². The topological polar surface area (TPSA) is 17.1 Å². The first kappa shape index (κ1) is 12.5. The number of allylic oxidation sites excluding steroid dienone is 4. The van der Waals surface area contributed by atoms with E-state index in [1.54, 1.807) is 6.92 Å². The molecule has 17 heavy (non-hydrogen) atoms. The molecule has 2 rings (SSSR count). The summed E-state index contributed by atoms with van der Waals surface area (Å²) in [6, 6.07) is 0. The van der Waals surface area contributed by atoms with Crippen LogP contribution in [0.1, 0.15) is 27.2 Å². The molecule has 94 valence electrons.